The molecule has 0 unspecified atom stereocenters. The highest BCUT2D eigenvalue weighted by atomic mass is 16.5. The summed E-state index contributed by atoms with van der Waals surface area (Å²) < 4.78 is 10.5. The highest BCUT2D eigenvalue weighted by molar-refractivity contribution is 5.47. The molecule has 1 aromatic rings. The van der Waals surface area contributed by atoms with Crippen LogP contribution in [0.15, 0.2) is 12.1 Å². The number of methoxy groups -OCH3 is 2. The third-order valence-corrected chi connectivity index (χ3v) is 2.58. The Bertz CT molecular complexity index is 394. The van der Waals surface area contributed by atoms with Gasteiger partial charge in [-0.05, 0) is 43.0 Å². The minimum Gasteiger partial charge on any atom is -0.493 e. The molecule has 0 radical (unpaired) electrons. The fourth-order valence-electron chi connectivity index (χ4n) is 1.65. The van der Waals surface area contributed by atoms with E-state index in [-0.39, 0.29) is 0 Å². The summed E-state index contributed by atoms with van der Waals surface area (Å²) in [6.45, 7) is 2.05. The van der Waals surface area contributed by atoms with Gasteiger partial charge in [0.15, 0.2) is 11.5 Å². The van der Waals surface area contributed by atoms with Crippen LogP contribution in [0.5, 0.6) is 11.5 Å². The first kappa shape index (κ1) is 12.4. The quantitative estimate of drug-likeness (QED) is 0.715. The maximum Gasteiger partial charge on any atom is 0.161 e. The van der Waals surface area contributed by atoms with Gasteiger partial charge < -0.3 is 9.47 Å². The first-order valence-corrected chi connectivity index (χ1v) is 5.31. The second-order valence-electron chi connectivity index (χ2n) is 3.65. The van der Waals surface area contributed by atoms with Crippen LogP contribution in [0.3, 0.4) is 0 Å². The molecule has 0 bridgehead atoms. The Kier molecular flexibility index (Phi) is 4.65. The van der Waals surface area contributed by atoms with Gasteiger partial charge in [0.25, 0.3) is 0 Å². The highest BCUT2D eigenvalue weighted by Gasteiger charge is 2.07. The molecule has 0 aliphatic rings. The molecule has 3 nitrogen and oxygen atoms in total. The van der Waals surface area contributed by atoms with Crippen molar-refractivity contribution in [2.24, 2.45) is 0 Å². The molecular formula is C13H17NO2. The Labute approximate surface area is 96.6 Å². The van der Waals surface area contributed by atoms with Gasteiger partial charge >= 0.3 is 0 Å². The summed E-state index contributed by atoms with van der Waals surface area (Å²) in [5.41, 5.74) is 2.39. The number of unbranched alkanes of at least 4 members (excludes halogenated alkanes) is 1. The molecule has 3 heteroatoms. The summed E-state index contributed by atoms with van der Waals surface area (Å²) in [5.74, 6) is 1.50. The standard InChI is InChI=1S/C13H17NO2/c1-10-8-12(15-2)13(16-3)9-11(10)6-4-5-7-14/h8-9H,4-6H2,1-3H3. The van der Waals surface area contributed by atoms with Crippen molar-refractivity contribution >= 4 is 0 Å². The summed E-state index contributed by atoms with van der Waals surface area (Å²) in [6.07, 6.45) is 2.38. The van der Waals surface area contributed by atoms with Crippen LogP contribution in [0, 0.1) is 18.3 Å². The Morgan fingerprint density at radius 1 is 1.19 bits per heavy atom. The van der Waals surface area contributed by atoms with E-state index in [9.17, 15) is 0 Å². The third kappa shape index (κ3) is 2.90. The van der Waals surface area contributed by atoms with Crippen molar-refractivity contribution in [3.05, 3.63) is 23.3 Å². The lowest BCUT2D eigenvalue weighted by atomic mass is 10.0. The van der Waals surface area contributed by atoms with E-state index in [1.54, 1.807) is 14.2 Å². The van der Waals surface area contributed by atoms with Crippen molar-refractivity contribution < 1.29 is 9.47 Å². The second-order valence-corrected chi connectivity index (χ2v) is 3.65. The molecule has 0 N–H and O–H groups in total. The number of nitriles is 1. The normalized spacial score (nSPS) is 9.62. The molecule has 0 atom stereocenters. The SMILES string of the molecule is COc1cc(C)c(CCCC#N)cc1OC. The fraction of sp³-hybridized carbons (Fsp3) is 0.462. The Balaban J connectivity index is 2.89. The van der Waals surface area contributed by atoms with Crippen molar-refractivity contribution in [3.8, 4) is 17.6 Å². The number of hydrogen-bond acceptors (Lipinski definition) is 3. The van der Waals surface area contributed by atoms with Crippen LogP contribution in [-0.2, 0) is 6.42 Å². The molecular weight excluding hydrogens is 202 g/mol. The van der Waals surface area contributed by atoms with E-state index >= 15 is 0 Å². The predicted molar refractivity (Wildman–Crippen MR) is 62.8 cm³/mol. The Morgan fingerprint density at radius 3 is 2.38 bits per heavy atom. The van der Waals surface area contributed by atoms with Crippen molar-refractivity contribution in [3.63, 3.8) is 0 Å². The topological polar surface area (TPSA) is 42.2 Å². The lowest BCUT2D eigenvalue weighted by molar-refractivity contribution is 0.354. The molecule has 0 aliphatic heterocycles. The summed E-state index contributed by atoms with van der Waals surface area (Å²) in [7, 11) is 3.26. The van der Waals surface area contributed by atoms with Gasteiger partial charge in [0.2, 0.25) is 0 Å². The molecule has 1 aromatic carbocycles. The van der Waals surface area contributed by atoms with E-state index in [1.807, 2.05) is 19.1 Å². The second kappa shape index (κ2) is 6.02. The predicted octanol–water partition coefficient (Wildman–Crippen LogP) is 2.86. The average Bonchev–Trinajstić information content (AvgIpc) is 2.31. The molecule has 0 amide bonds. The Hall–Kier alpha value is -1.69. The lowest BCUT2D eigenvalue weighted by Gasteiger charge is -2.12. The van der Waals surface area contributed by atoms with E-state index in [2.05, 4.69) is 6.07 Å². The van der Waals surface area contributed by atoms with E-state index in [0.717, 1.165) is 24.3 Å². The van der Waals surface area contributed by atoms with Crippen molar-refractivity contribution in [1.29, 1.82) is 5.26 Å². The van der Waals surface area contributed by atoms with E-state index in [4.69, 9.17) is 14.7 Å². The van der Waals surface area contributed by atoms with Gasteiger partial charge in [0.1, 0.15) is 0 Å². The van der Waals surface area contributed by atoms with Crippen molar-refractivity contribution in [2.45, 2.75) is 26.2 Å². The first-order valence-electron chi connectivity index (χ1n) is 5.31. The zero-order valence-corrected chi connectivity index (χ0v) is 10.0. The number of rotatable bonds is 5. The highest BCUT2D eigenvalue weighted by Crippen LogP contribution is 2.30. The summed E-state index contributed by atoms with van der Waals surface area (Å²) in [5, 5.41) is 8.50. The molecule has 0 saturated carbocycles. The summed E-state index contributed by atoms with van der Waals surface area (Å²) >= 11 is 0. The smallest absolute Gasteiger partial charge is 0.161 e. The zero-order chi connectivity index (χ0) is 12.0. The van der Waals surface area contributed by atoms with Crippen LogP contribution in [-0.4, -0.2) is 14.2 Å². The Morgan fingerprint density at radius 2 is 1.81 bits per heavy atom. The van der Waals surface area contributed by atoms with E-state index < -0.39 is 0 Å². The maximum absolute atomic E-state index is 8.50. The number of hydrogen-bond donors (Lipinski definition) is 0. The minimum atomic E-state index is 0.591. The summed E-state index contributed by atoms with van der Waals surface area (Å²) in [4.78, 5) is 0. The van der Waals surface area contributed by atoms with Gasteiger partial charge in [-0.1, -0.05) is 0 Å². The molecule has 0 spiro atoms. The average molecular weight is 219 g/mol. The third-order valence-electron chi connectivity index (χ3n) is 2.58. The number of ether oxygens (including phenoxy) is 2. The van der Waals surface area contributed by atoms with E-state index in [0.29, 0.717) is 6.42 Å². The lowest BCUT2D eigenvalue weighted by Crippen LogP contribution is -1.96. The molecule has 86 valence electrons. The minimum absolute atomic E-state index is 0.591. The number of benzene rings is 1. The monoisotopic (exact) mass is 219 g/mol. The van der Waals surface area contributed by atoms with Gasteiger partial charge in [-0.15, -0.1) is 0 Å². The number of nitrogens with zero attached hydrogens (tertiary/aromatic N) is 1. The largest absolute Gasteiger partial charge is 0.493 e. The van der Waals surface area contributed by atoms with Crippen LogP contribution < -0.4 is 9.47 Å². The van der Waals surface area contributed by atoms with Gasteiger partial charge in [-0.25, -0.2) is 0 Å². The van der Waals surface area contributed by atoms with Crippen molar-refractivity contribution in [1.82, 2.24) is 0 Å². The van der Waals surface area contributed by atoms with Crippen LogP contribution >= 0.6 is 0 Å². The summed E-state index contributed by atoms with van der Waals surface area (Å²) in [6, 6.07) is 6.12. The molecule has 1 rings (SSSR count). The molecule has 0 saturated heterocycles. The van der Waals surface area contributed by atoms with Gasteiger partial charge in [-0.2, -0.15) is 5.26 Å². The van der Waals surface area contributed by atoms with Crippen LogP contribution in [0.1, 0.15) is 24.0 Å². The molecule has 0 aliphatic carbocycles. The fourth-order valence-corrected chi connectivity index (χ4v) is 1.65. The molecule has 0 aromatic heterocycles. The van der Waals surface area contributed by atoms with Crippen LogP contribution in [0.4, 0.5) is 0 Å². The van der Waals surface area contributed by atoms with Gasteiger partial charge in [0.05, 0.1) is 20.3 Å². The van der Waals surface area contributed by atoms with Crippen LogP contribution in [0.2, 0.25) is 0 Å². The zero-order valence-electron chi connectivity index (χ0n) is 10.0. The number of aryl methyl sites for hydroxylation is 2. The maximum atomic E-state index is 8.50. The van der Waals surface area contributed by atoms with E-state index in [1.165, 1.54) is 11.1 Å². The molecule has 0 heterocycles. The molecule has 0 fully saturated rings. The van der Waals surface area contributed by atoms with Crippen molar-refractivity contribution in [2.75, 3.05) is 14.2 Å². The van der Waals surface area contributed by atoms with Crippen LogP contribution in [0.25, 0.3) is 0 Å². The first-order chi connectivity index (χ1) is 7.72. The van der Waals surface area contributed by atoms with Gasteiger partial charge in [-0.3, -0.25) is 0 Å². The molecule has 16 heavy (non-hydrogen) atoms. The van der Waals surface area contributed by atoms with Gasteiger partial charge in [0, 0.05) is 6.42 Å².